The van der Waals surface area contributed by atoms with Crippen molar-refractivity contribution in [3.05, 3.63) is 35.4 Å². The molecule has 0 spiro atoms. The highest BCUT2D eigenvalue weighted by Gasteiger charge is 2.40. The molecular weight excluding hydrogens is 244 g/mol. The Bertz CT molecular complexity index is 484. The minimum absolute atomic E-state index is 0.676. The first-order valence-corrected chi connectivity index (χ1v) is 8.40. The summed E-state index contributed by atoms with van der Waals surface area (Å²) in [6.07, 6.45) is 5.51. The fraction of sp³-hybridized carbons (Fsp3) is 0.667. The number of hydrogen-bond acceptors (Lipinski definition) is 2. The Morgan fingerprint density at radius 1 is 1.05 bits per heavy atom. The lowest BCUT2D eigenvalue weighted by molar-refractivity contribution is 0.0663. The number of nitrogens with zero attached hydrogens (tertiary/aromatic N) is 1. The Morgan fingerprint density at radius 3 is 2.80 bits per heavy atom. The Hall–Kier alpha value is -0.860. The summed E-state index contributed by atoms with van der Waals surface area (Å²) >= 11 is 0. The van der Waals surface area contributed by atoms with Crippen molar-refractivity contribution >= 4 is 0 Å². The van der Waals surface area contributed by atoms with Gasteiger partial charge in [-0.3, -0.25) is 4.90 Å². The van der Waals surface area contributed by atoms with Crippen molar-refractivity contribution in [3.63, 3.8) is 0 Å². The fourth-order valence-electron chi connectivity index (χ4n) is 4.82. The minimum atomic E-state index is 0.676. The molecule has 1 aromatic rings. The van der Waals surface area contributed by atoms with Gasteiger partial charge in [0, 0.05) is 18.6 Å². The summed E-state index contributed by atoms with van der Waals surface area (Å²) in [7, 11) is 0. The molecule has 20 heavy (non-hydrogen) atoms. The van der Waals surface area contributed by atoms with Crippen LogP contribution >= 0.6 is 0 Å². The molecule has 0 bridgehead atoms. The summed E-state index contributed by atoms with van der Waals surface area (Å²) in [5.74, 6) is 1.64. The molecule has 0 amide bonds. The van der Waals surface area contributed by atoms with Gasteiger partial charge in [-0.05, 0) is 61.7 Å². The standard InChI is InChI=1S/C18H26N2/c1-13-8-9-17(16-7-3-2-6-15(13)16)20-10-4-5-14-11-19-12-18(14)20/h2-3,6-7,13-14,17-19H,4-5,8-12H2,1H3. The normalized spacial score (nSPS) is 37.5. The molecule has 2 nitrogen and oxygen atoms in total. The van der Waals surface area contributed by atoms with Gasteiger partial charge < -0.3 is 5.32 Å². The van der Waals surface area contributed by atoms with E-state index in [-0.39, 0.29) is 0 Å². The van der Waals surface area contributed by atoms with Crippen LogP contribution in [0.2, 0.25) is 0 Å². The third-order valence-corrected chi connectivity index (χ3v) is 5.88. The number of likely N-dealkylation sites (tertiary alicyclic amines) is 1. The van der Waals surface area contributed by atoms with Crippen LogP contribution in [0.5, 0.6) is 0 Å². The molecule has 1 aromatic carbocycles. The molecule has 108 valence electrons. The van der Waals surface area contributed by atoms with Crippen LogP contribution in [0.1, 0.15) is 55.7 Å². The lowest BCUT2D eigenvalue weighted by atomic mass is 9.78. The largest absolute Gasteiger partial charge is 0.315 e. The Balaban J connectivity index is 1.67. The summed E-state index contributed by atoms with van der Waals surface area (Å²) in [6, 6.07) is 10.7. The van der Waals surface area contributed by atoms with Crippen molar-refractivity contribution in [2.45, 2.75) is 50.6 Å². The van der Waals surface area contributed by atoms with E-state index in [0.717, 1.165) is 17.9 Å². The van der Waals surface area contributed by atoms with Crippen LogP contribution in [0.4, 0.5) is 0 Å². The molecule has 2 heterocycles. The lowest BCUT2D eigenvalue weighted by Gasteiger charge is -2.45. The van der Waals surface area contributed by atoms with E-state index >= 15 is 0 Å². The first-order valence-electron chi connectivity index (χ1n) is 8.40. The molecule has 2 aliphatic heterocycles. The number of fused-ring (bicyclic) bond motifs is 2. The zero-order valence-corrected chi connectivity index (χ0v) is 12.5. The molecule has 0 aromatic heterocycles. The van der Waals surface area contributed by atoms with E-state index in [9.17, 15) is 0 Å². The second-order valence-corrected chi connectivity index (χ2v) is 6.99. The highest BCUT2D eigenvalue weighted by molar-refractivity contribution is 5.35. The second-order valence-electron chi connectivity index (χ2n) is 6.99. The maximum atomic E-state index is 3.62. The highest BCUT2D eigenvalue weighted by Crippen LogP contribution is 2.43. The van der Waals surface area contributed by atoms with E-state index < -0.39 is 0 Å². The van der Waals surface area contributed by atoms with Crippen LogP contribution in [0.15, 0.2) is 24.3 Å². The summed E-state index contributed by atoms with van der Waals surface area (Å²) in [5, 5.41) is 3.62. The van der Waals surface area contributed by atoms with Gasteiger partial charge in [-0.15, -0.1) is 0 Å². The second kappa shape index (κ2) is 5.16. The summed E-state index contributed by atoms with van der Waals surface area (Å²) < 4.78 is 0. The van der Waals surface area contributed by atoms with Crippen LogP contribution in [-0.4, -0.2) is 30.6 Å². The van der Waals surface area contributed by atoms with Crippen LogP contribution in [0.3, 0.4) is 0 Å². The van der Waals surface area contributed by atoms with Gasteiger partial charge in [-0.1, -0.05) is 31.2 Å². The Morgan fingerprint density at radius 2 is 1.90 bits per heavy atom. The van der Waals surface area contributed by atoms with Crippen LogP contribution < -0.4 is 5.32 Å². The topological polar surface area (TPSA) is 15.3 Å². The number of piperidine rings is 1. The van der Waals surface area contributed by atoms with Crippen LogP contribution in [-0.2, 0) is 0 Å². The van der Waals surface area contributed by atoms with E-state index in [1.54, 1.807) is 11.1 Å². The predicted octanol–water partition coefficient (Wildman–Crippen LogP) is 3.31. The van der Waals surface area contributed by atoms with Crippen molar-refractivity contribution in [1.29, 1.82) is 0 Å². The third kappa shape index (κ3) is 2.01. The zero-order chi connectivity index (χ0) is 13.5. The Labute approximate surface area is 122 Å². The molecule has 2 heteroatoms. The lowest BCUT2D eigenvalue weighted by Crippen LogP contribution is -2.47. The predicted molar refractivity (Wildman–Crippen MR) is 82.9 cm³/mol. The smallest absolute Gasteiger partial charge is 0.0354 e. The van der Waals surface area contributed by atoms with Gasteiger partial charge >= 0.3 is 0 Å². The van der Waals surface area contributed by atoms with Crippen molar-refractivity contribution < 1.29 is 0 Å². The molecule has 4 unspecified atom stereocenters. The van der Waals surface area contributed by atoms with E-state index in [2.05, 4.69) is 41.4 Å². The van der Waals surface area contributed by atoms with Gasteiger partial charge in [0.15, 0.2) is 0 Å². The summed E-state index contributed by atoms with van der Waals surface area (Å²) in [5.41, 5.74) is 3.23. The van der Waals surface area contributed by atoms with Gasteiger partial charge in [0.25, 0.3) is 0 Å². The quantitative estimate of drug-likeness (QED) is 0.842. The van der Waals surface area contributed by atoms with E-state index in [0.29, 0.717) is 6.04 Å². The molecular formula is C18H26N2. The summed E-state index contributed by atoms with van der Waals surface area (Å²) in [4.78, 5) is 2.85. The zero-order valence-electron chi connectivity index (χ0n) is 12.5. The first kappa shape index (κ1) is 12.8. The van der Waals surface area contributed by atoms with Gasteiger partial charge in [0.05, 0.1) is 0 Å². The number of rotatable bonds is 1. The molecule has 0 saturated carbocycles. The van der Waals surface area contributed by atoms with E-state index in [1.165, 1.54) is 45.3 Å². The number of nitrogens with one attached hydrogen (secondary N) is 1. The number of benzene rings is 1. The monoisotopic (exact) mass is 270 g/mol. The molecule has 1 N–H and O–H groups in total. The third-order valence-electron chi connectivity index (χ3n) is 5.88. The van der Waals surface area contributed by atoms with E-state index in [4.69, 9.17) is 0 Å². The van der Waals surface area contributed by atoms with Crippen LogP contribution in [0.25, 0.3) is 0 Å². The van der Waals surface area contributed by atoms with Crippen LogP contribution in [0, 0.1) is 5.92 Å². The van der Waals surface area contributed by atoms with Crippen molar-refractivity contribution in [3.8, 4) is 0 Å². The van der Waals surface area contributed by atoms with Gasteiger partial charge in [-0.2, -0.15) is 0 Å². The van der Waals surface area contributed by atoms with Gasteiger partial charge in [0.1, 0.15) is 0 Å². The van der Waals surface area contributed by atoms with E-state index in [1.807, 2.05) is 0 Å². The van der Waals surface area contributed by atoms with Crippen molar-refractivity contribution in [2.75, 3.05) is 19.6 Å². The van der Waals surface area contributed by atoms with Crippen molar-refractivity contribution in [1.82, 2.24) is 10.2 Å². The molecule has 4 rings (SSSR count). The summed E-state index contributed by atoms with van der Waals surface area (Å²) in [6.45, 7) is 6.15. The minimum Gasteiger partial charge on any atom is -0.315 e. The molecule has 0 radical (unpaired) electrons. The number of hydrogen-bond donors (Lipinski definition) is 1. The molecule has 1 aliphatic carbocycles. The molecule has 3 aliphatic rings. The SMILES string of the molecule is CC1CCC(N2CCCC3CNCC32)c2ccccc21. The fourth-order valence-corrected chi connectivity index (χ4v) is 4.82. The first-order chi connectivity index (χ1) is 9.84. The molecule has 4 atom stereocenters. The maximum absolute atomic E-state index is 3.62. The molecule has 2 fully saturated rings. The maximum Gasteiger partial charge on any atom is 0.0354 e. The average molecular weight is 270 g/mol. The van der Waals surface area contributed by atoms with Gasteiger partial charge in [0.2, 0.25) is 0 Å². The molecule has 2 saturated heterocycles. The Kier molecular flexibility index (Phi) is 3.31. The average Bonchev–Trinajstić information content (AvgIpc) is 2.97. The highest BCUT2D eigenvalue weighted by atomic mass is 15.2. The van der Waals surface area contributed by atoms with Gasteiger partial charge in [-0.25, -0.2) is 0 Å². The van der Waals surface area contributed by atoms with Crippen molar-refractivity contribution in [2.24, 2.45) is 5.92 Å².